The summed E-state index contributed by atoms with van der Waals surface area (Å²) in [5, 5.41) is 0. The van der Waals surface area contributed by atoms with E-state index in [9.17, 15) is 0 Å². The number of nitrogen functional groups attached to an aromatic ring is 1. The zero-order valence-electron chi connectivity index (χ0n) is 12.9. The lowest BCUT2D eigenvalue weighted by molar-refractivity contribution is 0.101. The first-order valence-corrected chi connectivity index (χ1v) is 7.84. The van der Waals surface area contributed by atoms with E-state index >= 15 is 0 Å². The molecule has 2 N–H and O–H groups in total. The maximum atomic E-state index is 5.82. The molecule has 0 aliphatic carbocycles. The van der Waals surface area contributed by atoms with Crippen LogP contribution in [0.4, 0.5) is 5.82 Å². The molecular weight excluding hydrogens is 264 g/mol. The Kier molecular flexibility index (Phi) is 4.05. The number of imidazole rings is 1. The Labute approximate surface area is 125 Å². The minimum absolute atomic E-state index is 0.456. The number of nitrogens with two attached hydrogens (primary N) is 1. The predicted molar refractivity (Wildman–Crippen MR) is 83.8 cm³/mol. The molecule has 6 heteroatoms. The second-order valence-electron chi connectivity index (χ2n) is 6.09. The number of anilines is 1. The molecule has 3 heterocycles. The lowest BCUT2D eigenvalue weighted by Gasteiger charge is -2.39. The summed E-state index contributed by atoms with van der Waals surface area (Å²) in [6.45, 7) is 6.73. The van der Waals surface area contributed by atoms with E-state index in [2.05, 4.69) is 38.3 Å². The van der Waals surface area contributed by atoms with E-state index in [1.54, 1.807) is 0 Å². The molecule has 0 aromatic carbocycles. The average molecular weight is 288 g/mol. The number of fused-ring (bicyclic) bond motifs is 1. The van der Waals surface area contributed by atoms with E-state index in [0.29, 0.717) is 23.4 Å². The first kappa shape index (κ1) is 14.3. The Morgan fingerprint density at radius 2 is 1.90 bits per heavy atom. The van der Waals surface area contributed by atoms with Gasteiger partial charge in [-0.25, -0.2) is 15.0 Å². The van der Waals surface area contributed by atoms with Crippen LogP contribution in [0.5, 0.6) is 0 Å². The largest absolute Gasteiger partial charge is 0.382 e. The number of hydrogen-bond donors (Lipinski definition) is 1. The van der Waals surface area contributed by atoms with Gasteiger partial charge in [0.05, 0.1) is 6.33 Å². The number of hydrogen-bond acceptors (Lipinski definition) is 5. The molecule has 2 atom stereocenters. The Balaban J connectivity index is 1.63. The first-order chi connectivity index (χ1) is 10.2. The summed E-state index contributed by atoms with van der Waals surface area (Å²) in [5.41, 5.74) is 7.36. The van der Waals surface area contributed by atoms with Crippen LogP contribution in [0.15, 0.2) is 12.7 Å². The molecule has 0 unspecified atom stereocenters. The highest BCUT2D eigenvalue weighted by Crippen LogP contribution is 2.22. The van der Waals surface area contributed by atoms with Crippen molar-refractivity contribution in [2.24, 2.45) is 0 Å². The molecule has 1 fully saturated rings. The average Bonchev–Trinajstić information content (AvgIpc) is 2.87. The Morgan fingerprint density at radius 3 is 2.67 bits per heavy atom. The molecule has 6 nitrogen and oxygen atoms in total. The fraction of sp³-hybridized carbons (Fsp3) is 0.667. The zero-order valence-corrected chi connectivity index (χ0v) is 12.9. The van der Waals surface area contributed by atoms with Gasteiger partial charge in [0.2, 0.25) is 0 Å². The van der Waals surface area contributed by atoms with Gasteiger partial charge in [-0.2, -0.15) is 0 Å². The third-order valence-electron chi connectivity index (χ3n) is 4.62. The van der Waals surface area contributed by atoms with Gasteiger partial charge in [0.1, 0.15) is 11.8 Å². The highest BCUT2D eigenvalue weighted by Gasteiger charge is 2.23. The van der Waals surface area contributed by atoms with Crippen molar-refractivity contribution in [1.82, 2.24) is 24.4 Å². The van der Waals surface area contributed by atoms with Crippen LogP contribution in [0.3, 0.4) is 0 Å². The van der Waals surface area contributed by atoms with Gasteiger partial charge in [0.15, 0.2) is 11.5 Å². The van der Waals surface area contributed by atoms with Crippen LogP contribution in [0, 0.1) is 0 Å². The molecule has 0 spiro atoms. The molecule has 0 radical (unpaired) electrons. The number of nitrogens with zero attached hydrogens (tertiary/aromatic N) is 5. The summed E-state index contributed by atoms with van der Waals surface area (Å²) >= 11 is 0. The second-order valence-corrected chi connectivity index (χ2v) is 6.09. The lowest BCUT2D eigenvalue weighted by Crippen LogP contribution is -2.44. The third-order valence-corrected chi connectivity index (χ3v) is 4.62. The Morgan fingerprint density at radius 1 is 1.14 bits per heavy atom. The third kappa shape index (κ3) is 2.85. The summed E-state index contributed by atoms with van der Waals surface area (Å²) in [6, 6.07) is 1.40. The zero-order chi connectivity index (χ0) is 14.8. The number of piperidine rings is 1. The number of aryl methyl sites for hydroxylation is 1. The van der Waals surface area contributed by atoms with Gasteiger partial charge >= 0.3 is 0 Å². The van der Waals surface area contributed by atoms with Crippen molar-refractivity contribution in [1.29, 1.82) is 0 Å². The normalized spacial score (nSPS) is 23.7. The lowest BCUT2D eigenvalue weighted by atomic mass is 9.97. The van der Waals surface area contributed by atoms with E-state index in [0.717, 1.165) is 25.2 Å². The van der Waals surface area contributed by atoms with Crippen molar-refractivity contribution < 1.29 is 0 Å². The second kappa shape index (κ2) is 5.97. The molecule has 21 heavy (non-hydrogen) atoms. The van der Waals surface area contributed by atoms with Gasteiger partial charge in [-0.1, -0.05) is 6.42 Å². The number of rotatable bonds is 4. The fourth-order valence-electron chi connectivity index (χ4n) is 3.40. The van der Waals surface area contributed by atoms with Crippen LogP contribution in [0.1, 0.15) is 39.5 Å². The molecule has 1 aliphatic heterocycles. The van der Waals surface area contributed by atoms with E-state index in [1.807, 2.05) is 6.33 Å². The summed E-state index contributed by atoms with van der Waals surface area (Å²) in [4.78, 5) is 15.2. The van der Waals surface area contributed by atoms with Crippen molar-refractivity contribution in [3.63, 3.8) is 0 Å². The molecule has 1 saturated heterocycles. The fourth-order valence-corrected chi connectivity index (χ4v) is 3.40. The Bertz CT molecular complexity index is 597. The quantitative estimate of drug-likeness (QED) is 0.932. The first-order valence-electron chi connectivity index (χ1n) is 7.84. The van der Waals surface area contributed by atoms with Crippen molar-refractivity contribution in [3.8, 4) is 0 Å². The van der Waals surface area contributed by atoms with Crippen LogP contribution < -0.4 is 5.73 Å². The van der Waals surface area contributed by atoms with Crippen LogP contribution >= 0.6 is 0 Å². The molecule has 3 rings (SSSR count). The van der Waals surface area contributed by atoms with E-state index in [-0.39, 0.29) is 0 Å². The summed E-state index contributed by atoms with van der Waals surface area (Å²) < 4.78 is 2.08. The molecule has 0 saturated carbocycles. The molecule has 0 bridgehead atoms. The molecular formula is C15H24N6. The maximum Gasteiger partial charge on any atom is 0.165 e. The summed E-state index contributed by atoms with van der Waals surface area (Å²) in [5.74, 6) is 0.456. The van der Waals surface area contributed by atoms with Crippen molar-refractivity contribution in [2.75, 3.05) is 12.3 Å². The minimum Gasteiger partial charge on any atom is -0.382 e. The van der Waals surface area contributed by atoms with Crippen molar-refractivity contribution in [2.45, 2.75) is 58.2 Å². The van der Waals surface area contributed by atoms with Crippen LogP contribution in [-0.2, 0) is 6.54 Å². The van der Waals surface area contributed by atoms with Crippen molar-refractivity contribution in [3.05, 3.63) is 12.7 Å². The van der Waals surface area contributed by atoms with Crippen LogP contribution in [0.2, 0.25) is 0 Å². The highest BCUT2D eigenvalue weighted by molar-refractivity contribution is 5.80. The molecule has 114 valence electrons. The standard InChI is InChI=1S/C15H24N6/c1-11-5-3-6-12(2)21(11)8-4-7-20-10-19-13-14(16)17-9-18-15(13)20/h9-12H,3-8H2,1-2H3,(H2,16,17,18)/t11-,12+. The summed E-state index contributed by atoms with van der Waals surface area (Å²) in [6.07, 6.45) is 8.43. The number of likely N-dealkylation sites (tertiary alicyclic amines) is 1. The molecule has 2 aromatic rings. The topological polar surface area (TPSA) is 72.9 Å². The Hall–Kier alpha value is -1.69. The molecule has 2 aromatic heterocycles. The van der Waals surface area contributed by atoms with Gasteiger partial charge in [-0.05, 0) is 33.1 Å². The van der Waals surface area contributed by atoms with E-state index < -0.39 is 0 Å². The SMILES string of the molecule is C[C@@H]1CCC[C@H](C)N1CCCn1cnc2c(N)ncnc21. The van der Waals surface area contributed by atoms with Gasteiger partial charge in [-0.3, -0.25) is 4.90 Å². The monoisotopic (exact) mass is 288 g/mol. The van der Waals surface area contributed by atoms with Gasteiger partial charge in [-0.15, -0.1) is 0 Å². The summed E-state index contributed by atoms with van der Waals surface area (Å²) in [7, 11) is 0. The predicted octanol–water partition coefficient (Wildman–Crippen LogP) is 2.06. The van der Waals surface area contributed by atoms with E-state index in [4.69, 9.17) is 5.73 Å². The molecule has 0 amide bonds. The van der Waals surface area contributed by atoms with Gasteiger partial charge < -0.3 is 10.3 Å². The smallest absolute Gasteiger partial charge is 0.165 e. The van der Waals surface area contributed by atoms with Gasteiger partial charge in [0.25, 0.3) is 0 Å². The minimum atomic E-state index is 0.456. The van der Waals surface area contributed by atoms with E-state index in [1.165, 1.54) is 25.6 Å². The highest BCUT2D eigenvalue weighted by atomic mass is 15.2. The molecule has 1 aliphatic rings. The maximum absolute atomic E-state index is 5.82. The van der Waals surface area contributed by atoms with Crippen LogP contribution in [-0.4, -0.2) is 43.0 Å². The van der Waals surface area contributed by atoms with Crippen LogP contribution in [0.25, 0.3) is 11.2 Å². The van der Waals surface area contributed by atoms with Crippen molar-refractivity contribution >= 4 is 17.0 Å². The van der Waals surface area contributed by atoms with Gasteiger partial charge in [0, 0.05) is 25.2 Å². The number of aromatic nitrogens is 4.